The molecule has 0 aliphatic carbocycles. The minimum atomic E-state index is -3.27. The number of hydrogen-bond donors (Lipinski definition) is 2. The van der Waals surface area contributed by atoms with Crippen molar-refractivity contribution < 1.29 is 13.5 Å². The van der Waals surface area contributed by atoms with Gasteiger partial charge in [0.2, 0.25) is 0 Å². The van der Waals surface area contributed by atoms with Gasteiger partial charge in [0, 0.05) is 0 Å². The first-order valence-corrected chi connectivity index (χ1v) is 7.68. The van der Waals surface area contributed by atoms with Crippen molar-refractivity contribution in [3.05, 3.63) is 24.3 Å². The van der Waals surface area contributed by atoms with Crippen LogP contribution in [0.25, 0.3) is 0 Å². The molecule has 18 heavy (non-hydrogen) atoms. The summed E-state index contributed by atoms with van der Waals surface area (Å²) >= 11 is 0. The molecule has 0 unspecified atom stereocenters. The molecule has 0 aliphatic heterocycles. The van der Waals surface area contributed by atoms with Gasteiger partial charge < -0.3 is 10.4 Å². The summed E-state index contributed by atoms with van der Waals surface area (Å²) in [7, 11) is -3.27. The first-order valence-electron chi connectivity index (χ1n) is 6.03. The van der Waals surface area contributed by atoms with Gasteiger partial charge in [-0.25, -0.2) is 8.42 Å². The summed E-state index contributed by atoms with van der Waals surface area (Å²) in [5.74, 6) is 0.130. The molecule has 5 heteroatoms. The van der Waals surface area contributed by atoms with E-state index in [0.29, 0.717) is 17.0 Å². The van der Waals surface area contributed by atoms with Crippen LogP contribution in [0, 0.1) is 0 Å². The van der Waals surface area contributed by atoms with Crippen LogP contribution < -0.4 is 5.32 Å². The molecule has 0 heterocycles. The van der Waals surface area contributed by atoms with Gasteiger partial charge in [-0.3, -0.25) is 0 Å². The number of benzene rings is 1. The highest BCUT2D eigenvalue weighted by molar-refractivity contribution is 7.91. The van der Waals surface area contributed by atoms with Crippen LogP contribution in [0.5, 0.6) is 0 Å². The van der Waals surface area contributed by atoms with E-state index in [-0.39, 0.29) is 12.4 Å². The van der Waals surface area contributed by atoms with Gasteiger partial charge >= 0.3 is 0 Å². The van der Waals surface area contributed by atoms with Crippen molar-refractivity contribution >= 4 is 15.5 Å². The van der Waals surface area contributed by atoms with Crippen LogP contribution in [-0.2, 0) is 9.84 Å². The molecule has 0 atom stereocenters. The minimum absolute atomic E-state index is 0.0742. The molecular formula is C13H21NO3S. The highest BCUT2D eigenvalue weighted by atomic mass is 32.2. The van der Waals surface area contributed by atoms with Crippen LogP contribution in [0.1, 0.15) is 27.2 Å². The van der Waals surface area contributed by atoms with Crippen molar-refractivity contribution in [3.63, 3.8) is 0 Å². The molecule has 0 saturated heterocycles. The molecule has 0 aromatic heterocycles. The summed E-state index contributed by atoms with van der Waals surface area (Å²) in [6.07, 6.45) is 0.583. The van der Waals surface area contributed by atoms with E-state index < -0.39 is 15.4 Å². The SMILES string of the molecule is CCCS(=O)(=O)c1ccccc1NC(C)(C)CO. The van der Waals surface area contributed by atoms with Crippen molar-refractivity contribution in [2.45, 2.75) is 37.6 Å². The van der Waals surface area contributed by atoms with Crippen molar-refractivity contribution in [1.29, 1.82) is 0 Å². The third-order valence-electron chi connectivity index (χ3n) is 2.56. The van der Waals surface area contributed by atoms with Gasteiger partial charge in [-0.2, -0.15) is 0 Å². The van der Waals surface area contributed by atoms with E-state index in [2.05, 4.69) is 5.32 Å². The Hall–Kier alpha value is -1.07. The van der Waals surface area contributed by atoms with E-state index in [1.54, 1.807) is 24.3 Å². The highest BCUT2D eigenvalue weighted by Crippen LogP contribution is 2.25. The van der Waals surface area contributed by atoms with Gasteiger partial charge in [0.15, 0.2) is 9.84 Å². The normalized spacial score (nSPS) is 12.4. The largest absolute Gasteiger partial charge is 0.394 e. The summed E-state index contributed by atoms with van der Waals surface area (Å²) in [5.41, 5.74) is -0.0114. The molecule has 4 nitrogen and oxygen atoms in total. The zero-order valence-electron chi connectivity index (χ0n) is 11.1. The zero-order chi connectivity index (χ0) is 13.8. The predicted molar refractivity (Wildman–Crippen MR) is 73.6 cm³/mol. The topological polar surface area (TPSA) is 66.4 Å². The molecule has 0 saturated carbocycles. The van der Waals surface area contributed by atoms with Crippen LogP contribution in [-0.4, -0.2) is 31.4 Å². The monoisotopic (exact) mass is 271 g/mol. The molecule has 1 aromatic rings. The fraction of sp³-hybridized carbons (Fsp3) is 0.538. The summed E-state index contributed by atoms with van der Waals surface area (Å²) in [6.45, 7) is 5.40. The number of hydrogen-bond acceptors (Lipinski definition) is 4. The van der Waals surface area contributed by atoms with Crippen LogP contribution in [0.3, 0.4) is 0 Å². The first kappa shape index (κ1) is 15.0. The number of anilines is 1. The molecule has 0 bridgehead atoms. The molecule has 0 amide bonds. The molecule has 0 spiro atoms. The molecule has 102 valence electrons. The Morgan fingerprint density at radius 1 is 1.28 bits per heavy atom. The highest BCUT2D eigenvalue weighted by Gasteiger charge is 2.22. The maximum atomic E-state index is 12.1. The smallest absolute Gasteiger partial charge is 0.180 e. The second kappa shape index (κ2) is 5.71. The maximum Gasteiger partial charge on any atom is 0.180 e. The maximum absolute atomic E-state index is 12.1. The fourth-order valence-corrected chi connectivity index (χ4v) is 3.12. The Kier molecular flexibility index (Phi) is 4.76. The van der Waals surface area contributed by atoms with Crippen LogP contribution in [0.4, 0.5) is 5.69 Å². The quantitative estimate of drug-likeness (QED) is 0.831. The molecule has 2 N–H and O–H groups in total. The lowest BCUT2D eigenvalue weighted by atomic mass is 10.1. The molecule has 0 radical (unpaired) electrons. The average Bonchev–Trinajstić information content (AvgIpc) is 2.29. The van der Waals surface area contributed by atoms with Crippen LogP contribution in [0.15, 0.2) is 29.2 Å². The van der Waals surface area contributed by atoms with Gasteiger partial charge in [0.1, 0.15) is 0 Å². The van der Waals surface area contributed by atoms with E-state index in [0.717, 1.165) is 0 Å². The average molecular weight is 271 g/mol. The van der Waals surface area contributed by atoms with Gasteiger partial charge in [0.05, 0.1) is 28.5 Å². The van der Waals surface area contributed by atoms with Gasteiger partial charge in [-0.1, -0.05) is 19.1 Å². The summed E-state index contributed by atoms with van der Waals surface area (Å²) in [4.78, 5) is 0.299. The minimum Gasteiger partial charge on any atom is -0.394 e. The van der Waals surface area contributed by atoms with Crippen LogP contribution in [0.2, 0.25) is 0 Å². The zero-order valence-corrected chi connectivity index (χ0v) is 11.9. The Morgan fingerprint density at radius 3 is 2.44 bits per heavy atom. The van der Waals surface area contributed by atoms with E-state index in [9.17, 15) is 13.5 Å². The Bertz CT molecular complexity index is 495. The second-order valence-corrected chi connectivity index (χ2v) is 7.06. The number of aliphatic hydroxyl groups is 1. The second-order valence-electron chi connectivity index (χ2n) is 4.98. The van der Waals surface area contributed by atoms with Gasteiger partial charge in [0.25, 0.3) is 0 Å². The third kappa shape index (κ3) is 3.71. The van der Waals surface area contributed by atoms with Crippen molar-refractivity contribution in [2.24, 2.45) is 0 Å². The summed E-state index contributed by atoms with van der Waals surface area (Å²) < 4.78 is 24.2. The Morgan fingerprint density at radius 2 is 1.89 bits per heavy atom. The predicted octanol–water partition coefficient (Wildman–Crippen LogP) is 2.05. The van der Waals surface area contributed by atoms with Crippen molar-refractivity contribution in [1.82, 2.24) is 0 Å². The lowest BCUT2D eigenvalue weighted by Gasteiger charge is -2.26. The number of para-hydroxylation sites is 1. The number of nitrogens with one attached hydrogen (secondary N) is 1. The summed E-state index contributed by atoms with van der Waals surface area (Å²) in [6, 6.07) is 6.81. The number of sulfone groups is 1. The third-order valence-corrected chi connectivity index (χ3v) is 4.54. The van der Waals surface area contributed by atoms with Gasteiger partial charge in [-0.15, -0.1) is 0 Å². The number of rotatable bonds is 6. The Balaban J connectivity index is 3.15. The van der Waals surface area contributed by atoms with E-state index in [4.69, 9.17) is 0 Å². The lowest BCUT2D eigenvalue weighted by Crippen LogP contribution is -2.35. The first-order chi connectivity index (χ1) is 8.32. The molecule has 0 aliphatic rings. The number of aliphatic hydroxyl groups excluding tert-OH is 1. The van der Waals surface area contributed by atoms with Gasteiger partial charge in [-0.05, 0) is 32.4 Å². The standard InChI is InChI=1S/C13H21NO3S/c1-4-9-18(16,17)12-8-6-5-7-11(12)14-13(2,3)10-15/h5-8,14-15H,4,9-10H2,1-3H3. The van der Waals surface area contributed by atoms with Crippen LogP contribution >= 0.6 is 0 Å². The summed E-state index contributed by atoms with van der Waals surface area (Å²) in [5, 5.41) is 12.3. The molecule has 1 rings (SSSR count). The molecular weight excluding hydrogens is 250 g/mol. The molecule has 0 fully saturated rings. The van der Waals surface area contributed by atoms with E-state index in [1.165, 1.54) is 0 Å². The van der Waals surface area contributed by atoms with Crippen molar-refractivity contribution in [2.75, 3.05) is 17.7 Å². The van der Waals surface area contributed by atoms with E-state index in [1.807, 2.05) is 20.8 Å². The van der Waals surface area contributed by atoms with E-state index >= 15 is 0 Å². The fourth-order valence-electron chi connectivity index (χ4n) is 1.62. The van der Waals surface area contributed by atoms with Crippen molar-refractivity contribution in [3.8, 4) is 0 Å². The molecule has 1 aromatic carbocycles. The lowest BCUT2D eigenvalue weighted by molar-refractivity contribution is 0.234. The Labute approximate surface area is 109 Å².